The third-order valence-electron chi connectivity index (χ3n) is 3.43. The van der Waals surface area contributed by atoms with Crippen molar-refractivity contribution in [3.05, 3.63) is 65.9 Å². The molecule has 126 valence electrons. The summed E-state index contributed by atoms with van der Waals surface area (Å²) in [5.74, 6) is -1.18. The number of aliphatic hydroxyl groups excluding tert-OH is 1. The first-order chi connectivity index (χ1) is 11.6. The van der Waals surface area contributed by atoms with Gasteiger partial charge in [-0.2, -0.15) is 0 Å². The Morgan fingerprint density at radius 1 is 1.08 bits per heavy atom. The number of rotatable bonds is 7. The molecule has 0 amide bonds. The Hall–Kier alpha value is -2.59. The van der Waals surface area contributed by atoms with Crippen molar-refractivity contribution >= 4 is 12.0 Å². The van der Waals surface area contributed by atoms with Crippen molar-refractivity contribution in [1.29, 1.82) is 0 Å². The Balaban J connectivity index is 1.98. The van der Waals surface area contributed by atoms with Crippen LogP contribution in [-0.4, -0.2) is 30.4 Å². The summed E-state index contributed by atoms with van der Waals surface area (Å²) in [6.45, 7) is 4.33. The van der Waals surface area contributed by atoms with Crippen LogP contribution in [0.4, 0.5) is 0 Å². The molecule has 0 bridgehead atoms. The van der Waals surface area contributed by atoms with Crippen LogP contribution < -0.4 is 0 Å². The van der Waals surface area contributed by atoms with E-state index in [0.29, 0.717) is 6.61 Å². The molecule has 2 aromatic rings. The van der Waals surface area contributed by atoms with Gasteiger partial charge in [0.05, 0.1) is 6.10 Å². The Labute approximate surface area is 142 Å². The fraction of sp³-hybridized carbons (Fsp3) is 0.250. The number of aliphatic hydroxyl groups is 1. The molecule has 0 saturated carbocycles. The number of esters is 1. The maximum absolute atomic E-state index is 11.7. The molecule has 0 spiro atoms. The summed E-state index contributed by atoms with van der Waals surface area (Å²) in [5, 5.41) is 9.85. The second-order valence-electron chi connectivity index (χ2n) is 5.38. The average molecular weight is 326 g/mol. The molecule has 2 aromatic carbocycles. The van der Waals surface area contributed by atoms with Gasteiger partial charge in [-0.05, 0) is 36.6 Å². The molecule has 0 aliphatic rings. The number of hydrogen-bond acceptors (Lipinski definition) is 4. The molecule has 0 fully saturated rings. The molecule has 0 heterocycles. The summed E-state index contributed by atoms with van der Waals surface area (Å²) >= 11 is 0. The first-order valence-corrected chi connectivity index (χ1v) is 7.95. The average Bonchev–Trinajstić information content (AvgIpc) is 2.61. The van der Waals surface area contributed by atoms with E-state index >= 15 is 0 Å². The summed E-state index contributed by atoms with van der Waals surface area (Å²) in [4.78, 5) is 11.7. The van der Waals surface area contributed by atoms with Gasteiger partial charge in [-0.1, -0.05) is 54.6 Å². The van der Waals surface area contributed by atoms with Crippen molar-refractivity contribution in [3.8, 4) is 11.1 Å². The van der Waals surface area contributed by atoms with Crippen LogP contribution in [0.2, 0.25) is 0 Å². The minimum absolute atomic E-state index is 0.109. The zero-order valence-corrected chi connectivity index (χ0v) is 13.9. The second-order valence-corrected chi connectivity index (χ2v) is 5.38. The lowest BCUT2D eigenvalue weighted by Crippen LogP contribution is -2.19. The van der Waals surface area contributed by atoms with E-state index in [2.05, 4.69) is 0 Å². The molecule has 0 aliphatic heterocycles. The molecular weight excluding hydrogens is 304 g/mol. The van der Waals surface area contributed by atoms with Gasteiger partial charge in [-0.3, -0.25) is 0 Å². The van der Waals surface area contributed by atoms with Crippen molar-refractivity contribution in [3.63, 3.8) is 0 Å². The molecule has 1 atom stereocenters. The van der Waals surface area contributed by atoms with Crippen LogP contribution in [0.5, 0.6) is 0 Å². The van der Waals surface area contributed by atoms with E-state index in [1.165, 1.54) is 6.08 Å². The molecule has 1 unspecified atom stereocenters. The molecule has 0 saturated heterocycles. The smallest absolute Gasteiger partial charge is 0.373 e. The Kier molecular flexibility index (Phi) is 6.58. The predicted octanol–water partition coefficient (Wildman–Crippen LogP) is 4.22. The Bertz CT molecular complexity index is 675. The molecule has 2 rings (SSSR count). The normalized spacial score (nSPS) is 12.7. The standard InChI is InChI=1S/C20H22O4/c1-3-23-15(2)14-24-20(22)19(21)13-16-9-11-18(12-10-16)17-7-5-4-6-8-17/h4-13,15,21H,3,14H2,1-2H3. The quantitative estimate of drug-likeness (QED) is 0.470. The van der Waals surface area contributed by atoms with E-state index < -0.39 is 11.7 Å². The van der Waals surface area contributed by atoms with Gasteiger partial charge in [-0.25, -0.2) is 4.79 Å². The van der Waals surface area contributed by atoms with Gasteiger partial charge < -0.3 is 14.6 Å². The maximum atomic E-state index is 11.7. The number of benzene rings is 2. The molecule has 0 aromatic heterocycles. The summed E-state index contributed by atoms with van der Waals surface area (Å²) in [6.07, 6.45) is 1.19. The van der Waals surface area contributed by atoms with Crippen molar-refractivity contribution < 1.29 is 19.4 Å². The summed E-state index contributed by atoms with van der Waals surface area (Å²) in [6, 6.07) is 17.6. The van der Waals surface area contributed by atoms with Crippen LogP contribution in [0.1, 0.15) is 19.4 Å². The van der Waals surface area contributed by atoms with Gasteiger partial charge >= 0.3 is 5.97 Å². The van der Waals surface area contributed by atoms with Gasteiger partial charge in [-0.15, -0.1) is 0 Å². The zero-order valence-electron chi connectivity index (χ0n) is 13.9. The Morgan fingerprint density at radius 2 is 1.71 bits per heavy atom. The topological polar surface area (TPSA) is 55.8 Å². The monoisotopic (exact) mass is 326 g/mol. The van der Waals surface area contributed by atoms with Crippen molar-refractivity contribution in [1.82, 2.24) is 0 Å². The molecule has 1 N–H and O–H groups in total. The van der Waals surface area contributed by atoms with E-state index in [1.807, 2.05) is 61.5 Å². The third-order valence-corrected chi connectivity index (χ3v) is 3.43. The lowest BCUT2D eigenvalue weighted by Gasteiger charge is -2.11. The number of carbonyl (C=O) groups excluding carboxylic acids is 1. The van der Waals surface area contributed by atoms with Gasteiger partial charge in [0, 0.05) is 6.61 Å². The number of hydrogen-bond donors (Lipinski definition) is 1. The highest BCUT2D eigenvalue weighted by Gasteiger charge is 2.11. The first kappa shape index (κ1) is 17.8. The predicted molar refractivity (Wildman–Crippen MR) is 94.5 cm³/mol. The summed E-state index contributed by atoms with van der Waals surface area (Å²) in [7, 11) is 0. The van der Waals surface area contributed by atoms with Gasteiger partial charge in [0.15, 0.2) is 0 Å². The molecule has 0 radical (unpaired) electrons. The highest BCUT2D eigenvalue weighted by atomic mass is 16.6. The summed E-state index contributed by atoms with van der Waals surface area (Å²) in [5.41, 5.74) is 2.91. The van der Waals surface area contributed by atoms with Crippen LogP contribution in [-0.2, 0) is 14.3 Å². The van der Waals surface area contributed by atoms with Crippen LogP contribution >= 0.6 is 0 Å². The number of carbonyl (C=O) groups is 1. The molecule has 24 heavy (non-hydrogen) atoms. The van der Waals surface area contributed by atoms with Crippen LogP contribution in [0, 0.1) is 0 Å². The summed E-state index contributed by atoms with van der Waals surface area (Å²) < 4.78 is 10.3. The maximum Gasteiger partial charge on any atom is 0.373 e. The van der Waals surface area contributed by atoms with Crippen molar-refractivity contribution in [2.45, 2.75) is 20.0 Å². The Morgan fingerprint density at radius 3 is 2.33 bits per heavy atom. The van der Waals surface area contributed by atoms with Crippen LogP contribution in [0.3, 0.4) is 0 Å². The minimum Gasteiger partial charge on any atom is -0.502 e. The van der Waals surface area contributed by atoms with E-state index in [9.17, 15) is 9.90 Å². The van der Waals surface area contributed by atoms with Crippen molar-refractivity contribution in [2.24, 2.45) is 0 Å². The van der Waals surface area contributed by atoms with E-state index in [-0.39, 0.29) is 12.7 Å². The highest BCUT2D eigenvalue weighted by molar-refractivity contribution is 5.91. The van der Waals surface area contributed by atoms with Crippen LogP contribution in [0.25, 0.3) is 17.2 Å². The SMILES string of the molecule is CCOC(C)COC(=O)C(O)=Cc1ccc(-c2ccccc2)cc1. The fourth-order valence-electron chi connectivity index (χ4n) is 2.22. The largest absolute Gasteiger partial charge is 0.502 e. The van der Waals surface area contributed by atoms with Gasteiger partial charge in [0.2, 0.25) is 5.76 Å². The first-order valence-electron chi connectivity index (χ1n) is 7.95. The zero-order chi connectivity index (χ0) is 17.4. The molecule has 4 nitrogen and oxygen atoms in total. The van der Waals surface area contributed by atoms with E-state index in [4.69, 9.17) is 9.47 Å². The molecular formula is C20H22O4. The third kappa shape index (κ3) is 5.25. The van der Waals surface area contributed by atoms with E-state index in [0.717, 1.165) is 16.7 Å². The lowest BCUT2D eigenvalue weighted by molar-refractivity contribution is -0.145. The van der Waals surface area contributed by atoms with Gasteiger partial charge in [0.1, 0.15) is 6.61 Å². The highest BCUT2D eigenvalue weighted by Crippen LogP contribution is 2.20. The number of ether oxygens (including phenoxy) is 2. The second kappa shape index (κ2) is 8.89. The fourth-order valence-corrected chi connectivity index (χ4v) is 2.22. The van der Waals surface area contributed by atoms with Crippen LogP contribution in [0.15, 0.2) is 60.4 Å². The minimum atomic E-state index is -0.756. The lowest BCUT2D eigenvalue weighted by atomic mass is 10.0. The van der Waals surface area contributed by atoms with Crippen molar-refractivity contribution in [2.75, 3.05) is 13.2 Å². The van der Waals surface area contributed by atoms with Gasteiger partial charge in [0.25, 0.3) is 0 Å². The van der Waals surface area contributed by atoms with E-state index in [1.54, 1.807) is 6.92 Å². The molecule has 0 aliphatic carbocycles. The molecule has 4 heteroatoms.